The molecule has 88 valence electrons. The smallest absolute Gasteiger partial charge is 0.305 e. The average molecular weight is 225 g/mol. The molecule has 0 saturated heterocycles. The Bertz CT molecular complexity index is 340. The van der Waals surface area contributed by atoms with Crippen molar-refractivity contribution in [1.82, 2.24) is 15.3 Å². The summed E-state index contributed by atoms with van der Waals surface area (Å²) in [6.07, 6.45) is 2.39. The van der Waals surface area contributed by atoms with Crippen LogP contribution >= 0.6 is 0 Å². The van der Waals surface area contributed by atoms with Gasteiger partial charge in [-0.05, 0) is 19.5 Å². The molecule has 7 nitrogen and oxygen atoms in total. The normalized spacial score (nSPS) is 12.1. The summed E-state index contributed by atoms with van der Waals surface area (Å²) in [4.78, 5) is 17.5. The van der Waals surface area contributed by atoms with Gasteiger partial charge in [0.25, 0.3) is 0 Å². The summed E-state index contributed by atoms with van der Waals surface area (Å²) in [5.74, 6) is 0.845. The number of nitro groups is 1. The summed E-state index contributed by atoms with van der Waals surface area (Å²) in [7, 11) is 1.89. The van der Waals surface area contributed by atoms with Gasteiger partial charge in [-0.25, -0.2) is 9.97 Å². The highest BCUT2D eigenvalue weighted by Crippen LogP contribution is 2.08. The first kappa shape index (κ1) is 12.3. The Morgan fingerprint density at radius 1 is 1.44 bits per heavy atom. The van der Waals surface area contributed by atoms with Gasteiger partial charge in [0.1, 0.15) is 12.4 Å². The first-order valence-corrected chi connectivity index (χ1v) is 4.98. The third-order valence-corrected chi connectivity index (χ3v) is 2.01. The van der Waals surface area contributed by atoms with E-state index in [1.165, 1.54) is 12.4 Å². The number of nitrogens with one attached hydrogen (secondary N) is 2. The maximum absolute atomic E-state index is 10.4. The third-order valence-electron chi connectivity index (χ3n) is 2.01. The van der Waals surface area contributed by atoms with Crippen molar-refractivity contribution in [2.24, 2.45) is 5.92 Å². The average Bonchev–Trinajstić information content (AvgIpc) is 2.27. The number of hydrogen-bond acceptors (Lipinski definition) is 6. The minimum Gasteiger partial charge on any atom is -0.354 e. The zero-order valence-corrected chi connectivity index (χ0v) is 9.30. The lowest BCUT2D eigenvalue weighted by molar-refractivity contribution is -0.385. The molecule has 0 aromatic carbocycles. The maximum Gasteiger partial charge on any atom is 0.305 e. The van der Waals surface area contributed by atoms with Crippen LogP contribution in [0.3, 0.4) is 0 Å². The number of anilines is 1. The molecule has 1 atom stereocenters. The second-order valence-corrected chi connectivity index (χ2v) is 3.57. The molecule has 1 rings (SSSR count). The van der Waals surface area contributed by atoms with Crippen LogP contribution in [0, 0.1) is 16.0 Å². The van der Waals surface area contributed by atoms with Crippen LogP contribution in [0.1, 0.15) is 6.92 Å². The third kappa shape index (κ3) is 3.77. The lowest BCUT2D eigenvalue weighted by Crippen LogP contribution is -2.23. The fraction of sp³-hybridized carbons (Fsp3) is 0.556. The van der Waals surface area contributed by atoms with Gasteiger partial charge >= 0.3 is 5.69 Å². The van der Waals surface area contributed by atoms with Gasteiger partial charge in [0.05, 0.1) is 4.92 Å². The van der Waals surface area contributed by atoms with E-state index in [4.69, 9.17) is 0 Å². The van der Waals surface area contributed by atoms with Crippen LogP contribution in [0.25, 0.3) is 0 Å². The monoisotopic (exact) mass is 225 g/mol. The lowest BCUT2D eigenvalue weighted by Gasteiger charge is -2.11. The quantitative estimate of drug-likeness (QED) is 0.545. The van der Waals surface area contributed by atoms with E-state index in [2.05, 4.69) is 27.5 Å². The minimum atomic E-state index is -0.520. The lowest BCUT2D eigenvalue weighted by atomic mass is 10.2. The Balaban J connectivity index is 2.46. The van der Waals surface area contributed by atoms with E-state index in [1.807, 2.05) is 7.05 Å². The summed E-state index contributed by atoms with van der Waals surface area (Å²) in [5.41, 5.74) is -0.103. The van der Waals surface area contributed by atoms with Crippen LogP contribution in [0.15, 0.2) is 12.4 Å². The second kappa shape index (κ2) is 5.96. The molecule has 1 aromatic heterocycles. The summed E-state index contributed by atoms with van der Waals surface area (Å²) < 4.78 is 0. The van der Waals surface area contributed by atoms with E-state index in [-0.39, 0.29) is 5.69 Å². The maximum atomic E-state index is 10.4. The number of rotatable bonds is 6. The predicted octanol–water partition coefficient (Wildman–Crippen LogP) is 0.652. The van der Waals surface area contributed by atoms with Crippen LogP contribution < -0.4 is 10.6 Å². The Kier molecular flexibility index (Phi) is 4.59. The topological polar surface area (TPSA) is 93.0 Å². The van der Waals surface area contributed by atoms with Crippen LogP contribution in [-0.2, 0) is 0 Å². The zero-order chi connectivity index (χ0) is 12.0. The Hall–Kier alpha value is -1.76. The standard InChI is InChI=1S/C9H15N5O2/c1-7(3-10-2)4-11-9-12-5-8(6-13-9)14(15)16/h5-7,10H,3-4H2,1-2H3,(H,11,12,13). The molecule has 2 N–H and O–H groups in total. The van der Waals surface area contributed by atoms with Crippen molar-refractivity contribution in [2.45, 2.75) is 6.92 Å². The molecular weight excluding hydrogens is 210 g/mol. The molecule has 0 bridgehead atoms. The fourth-order valence-electron chi connectivity index (χ4n) is 1.19. The number of nitrogens with zero attached hydrogens (tertiary/aromatic N) is 3. The summed E-state index contributed by atoms with van der Waals surface area (Å²) in [5, 5.41) is 16.4. The molecule has 0 aliphatic heterocycles. The second-order valence-electron chi connectivity index (χ2n) is 3.57. The van der Waals surface area contributed by atoms with Gasteiger partial charge in [-0.1, -0.05) is 6.92 Å². The highest BCUT2D eigenvalue weighted by atomic mass is 16.6. The SMILES string of the molecule is CNCC(C)CNc1ncc([N+](=O)[O-])cn1. The van der Waals surface area contributed by atoms with Gasteiger partial charge in [-0.3, -0.25) is 10.1 Å². The van der Waals surface area contributed by atoms with Gasteiger partial charge in [0, 0.05) is 6.54 Å². The molecule has 0 radical (unpaired) electrons. The molecule has 1 heterocycles. The van der Waals surface area contributed by atoms with E-state index in [1.54, 1.807) is 0 Å². The van der Waals surface area contributed by atoms with Crippen LogP contribution in [0.5, 0.6) is 0 Å². The molecule has 16 heavy (non-hydrogen) atoms. The van der Waals surface area contributed by atoms with Crippen LogP contribution in [0.2, 0.25) is 0 Å². The van der Waals surface area contributed by atoms with Gasteiger partial charge < -0.3 is 10.6 Å². The van der Waals surface area contributed by atoms with E-state index in [0.717, 1.165) is 13.1 Å². The molecule has 0 aliphatic carbocycles. The fourth-order valence-corrected chi connectivity index (χ4v) is 1.19. The van der Waals surface area contributed by atoms with Gasteiger partial charge in [-0.2, -0.15) is 0 Å². The molecule has 0 fully saturated rings. The molecular formula is C9H15N5O2. The summed E-state index contributed by atoms with van der Waals surface area (Å²) >= 11 is 0. The molecule has 7 heteroatoms. The van der Waals surface area contributed by atoms with Gasteiger partial charge in [0.15, 0.2) is 0 Å². The molecule has 0 spiro atoms. The van der Waals surface area contributed by atoms with Crippen molar-refractivity contribution in [2.75, 3.05) is 25.5 Å². The highest BCUT2D eigenvalue weighted by molar-refractivity contribution is 5.30. The summed E-state index contributed by atoms with van der Waals surface area (Å²) in [6, 6.07) is 0. The van der Waals surface area contributed by atoms with Crippen LogP contribution in [0.4, 0.5) is 11.6 Å². The minimum absolute atomic E-state index is 0.103. The van der Waals surface area contributed by atoms with E-state index in [0.29, 0.717) is 11.9 Å². The largest absolute Gasteiger partial charge is 0.354 e. The number of aromatic nitrogens is 2. The van der Waals surface area contributed by atoms with Crippen molar-refractivity contribution in [1.29, 1.82) is 0 Å². The molecule has 0 amide bonds. The Morgan fingerprint density at radius 3 is 2.56 bits per heavy atom. The summed E-state index contributed by atoms with van der Waals surface area (Å²) in [6.45, 7) is 3.69. The Labute approximate surface area is 93.4 Å². The van der Waals surface area contributed by atoms with E-state index >= 15 is 0 Å². The molecule has 0 aliphatic rings. The Morgan fingerprint density at radius 2 is 2.06 bits per heavy atom. The zero-order valence-electron chi connectivity index (χ0n) is 9.30. The van der Waals surface area contributed by atoms with Crippen LogP contribution in [-0.4, -0.2) is 35.0 Å². The van der Waals surface area contributed by atoms with Gasteiger partial charge in [0.2, 0.25) is 5.95 Å². The van der Waals surface area contributed by atoms with Crippen molar-refractivity contribution < 1.29 is 4.92 Å². The molecule has 1 aromatic rings. The van der Waals surface area contributed by atoms with E-state index < -0.39 is 4.92 Å². The highest BCUT2D eigenvalue weighted by Gasteiger charge is 2.07. The van der Waals surface area contributed by atoms with Crippen molar-refractivity contribution in [3.05, 3.63) is 22.5 Å². The number of hydrogen-bond donors (Lipinski definition) is 2. The van der Waals surface area contributed by atoms with Crippen molar-refractivity contribution >= 4 is 11.6 Å². The molecule has 0 saturated carbocycles. The van der Waals surface area contributed by atoms with Crippen molar-refractivity contribution in [3.63, 3.8) is 0 Å². The first-order valence-electron chi connectivity index (χ1n) is 4.98. The van der Waals surface area contributed by atoms with E-state index in [9.17, 15) is 10.1 Å². The van der Waals surface area contributed by atoms with Gasteiger partial charge in [-0.15, -0.1) is 0 Å². The van der Waals surface area contributed by atoms with Crippen molar-refractivity contribution in [3.8, 4) is 0 Å². The predicted molar refractivity (Wildman–Crippen MR) is 60.3 cm³/mol. The molecule has 1 unspecified atom stereocenters. The first-order chi connectivity index (χ1) is 7.63.